The molecule has 2 bridgehead atoms. The van der Waals surface area contributed by atoms with Gasteiger partial charge in [0, 0.05) is 18.4 Å². The van der Waals surface area contributed by atoms with Gasteiger partial charge < -0.3 is 5.32 Å². The number of carbonyl (C=O) groups excluding carboxylic acids is 1. The average molecular weight is 216 g/mol. The van der Waals surface area contributed by atoms with Gasteiger partial charge in [0.05, 0.1) is 5.56 Å². The summed E-state index contributed by atoms with van der Waals surface area (Å²) in [6, 6.07) is 4.03. The van der Waals surface area contributed by atoms with Crippen molar-refractivity contribution < 1.29 is 4.79 Å². The van der Waals surface area contributed by atoms with Crippen molar-refractivity contribution in [1.29, 1.82) is 0 Å². The minimum atomic E-state index is 0.0330. The molecule has 3 nitrogen and oxygen atoms in total. The second-order valence-corrected chi connectivity index (χ2v) is 5.00. The van der Waals surface area contributed by atoms with Crippen LogP contribution in [0.5, 0.6) is 0 Å². The van der Waals surface area contributed by atoms with Crippen molar-refractivity contribution in [3.8, 4) is 0 Å². The first kappa shape index (κ1) is 9.82. The fraction of sp³-hybridized carbons (Fsp3) is 0.538. The maximum absolute atomic E-state index is 11.9. The SMILES string of the molecule is O=C(N[C@H]1C[C@H]2CC[C@@H]1C2)c1cccnc1. The zero-order valence-electron chi connectivity index (χ0n) is 9.23. The normalized spacial score (nSPS) is 31.6. The molecule has 3 heteroatoms. The highest BCUT2D eigenvalue weighted by atomic mass is 16.1. The molecule has 3 atom stereocenters. The number of nitrogens with zero attached hydrogens (tertiary/aromatic N) is 1. The Morgan fingerprint density at radius 2 is 2.31 bits per heavy atom. The fourth-order valence-electron chi connectivity index (χ4n) is 3.17. The molecule has 3 rings (SSSR count). The Bertz CT molecular complexity index is 390. The van der Waals surface area contributed by atoms with Crippen molar-refractivity contribution >= 4 is 5.91 Å². The van der Waals surface area contributed by atoms with Crippen molar-refractivity contribution in [2.45, 2.75) is 31.7 Å². The molecule has 1 N–H and O–H groups in total. The van der Waals surface area contributed by atoms with Gasteiger partial charge in [0.15, 0.2) is 0 Å². The van der Waals surface area contributed by atoms with E-state index in [1.165, 1.54) is 25.7 Å². The molecular weight excluding hydrogens is 200 g/mol. The van der Waals surface area contributed by atoms with Crippen LogP contribution in [-0.4, -0.2) is 16.9 Å². The monoisotopic (exact) mass is 216 g/mol. The first-order valence-electron chi connectivity index (χ1n) is 6.04. The molecule has 0 saturated heterocycles. The van der Waals surface area contributed by atoms with Crippen LogP contribution in [0, 0.1) is 11.8 Å². The molecule has 1 aromatic heterocycles. The number of amides is 1. The molecule has 2 fully saturated rings. The van der Waals surface area contributed by atoms with E-state index in [0.717, 1.165) is 11.8 Å². The fourth-order valence-corrected chi connectivity index (χ4v) is 3.17. The Hall–Kier alpha value is -1.38. The predicted octanol–water partition coefficient (Wildman–Crippen LogP) is 2.00. The van der Waals surface area contributed by atoms with Gasteiger partial charge in [-0.2, -0.15) is 0 Å². The molecule has 1 aromatic rings. The summed E-state index contributed by atoms with van der Waals surface area (Å²) in [6.45, 7) is 0. The molecule has 0 aromatic carbocycles. The largest absolute Gasteiger partial charge is 0.349 e. The number of rotatable bonds is 2. The molecule has 2 aliphatic carbocycles. The van der Waals surface area contributed by atoms with E-state index in [4.69, 9.17) is 0 Å². The minimum Gasteiger partial charge on any atom is -0.349 e. The van der Waals surface area contributed by atoms with Crippen molar-refractivity contribution in [2.75, 3.05) is 0 Å². The standard InChI is InChI=1S/C13H16N2O/c16-13(11-2-1-5-14-8-11)15-12-7-9-3-4-10(12)6-9/h1-2,5,8-10,12H,3-4,6-7H2,(H,15,16)/t9-,10+,12-/m0/s1. The summed E-state index contributed by atoms with van der Waals surface area (Å²) in [6.07, 6.45) is 8.47. The molecule has 2 saturated carbocycles. The van der Waals surface area contributed by atoms with Crippen molar-refractivity contribution in [2.24, 2.45) is 11.8 Å². The molecule has 16 heavy (non-hydrogen) atoms. The topological polar surface area (TPSA) is 42.0 Å². The first-order chi connectivity index (χ1) is 7.83. The number of pyridine rings is 1. The lowest BCUT2D eigenvalue weighted by Crippen LogP contribution is -2.38. The highest BCUT2D eigenvalue weighted by molar-refractivity contribution is 5.94. The molecule has 0 unspecified atom stereocenters. The molecule has 1 amide bonds. The average Bonchev–Trinajstić information content (AvgIpc) is 2.92. The van der Waals surface area contributed by atoms with Crippen molar-refractivity contribution in [3.63, 3.8) is 0 Å². The summed E-state index contributed by atoms with van der Waals surface area (Å²) in [4.78, 5) is 15.9. The lowest BCUT2D eigenvalue weighted by Gasteiger charge is -2.22. The molecule has 0 radical (unpaired) electrons. The zero-order chi connectivity index (χ0) is 11.0. The number of nitrogens with one attached hydrogen (secondary N) is 1. The zero-order valence-corrected chi connectivity index (χ0v) is 9.23. The number of hydrogen-bond acceptors (Lipinski definition) is 2. The summed E-state index contributed by atoms with van der Waals surface area (Å²) in [5.74, 6) is 1.63. The highest BCUT2D eigenvalue weighted by Gasteiger charge is 2.40. The molecule has 2 aliphatic rings. The third kappa shape index (κ3) is 1.70. The predicted molar refractivity (Wildman–Crippen MR) is 60.9 cm³/mol. The van der Waals surface area contributed by atoms with Crippen molar-refractivity contribution in [1.82, 2.24) is 10.3 Å². The molecular formula is C13H16N2O. The van der Waals surface area contributed by atoms with E-state index in [2.05, 4.69) is 10.3 Å². The summed E-state index contributed by atoms with van der Waals surface area (Å²) in [7, 11) is 0. The van der Waals surface area contributed by atoms with Crippen LogP contribution in [0.25, 0.3) is 0 Å². The van der Waals surface area contributed by atoms with Gasteiger partial charge in [-0.1, -0.05) is 6.42 Å². The van der Waals surface area contributed by atoms with Crippen LogP contribution in [0.4, 0.5) is 0 Å². The highest BCUT2D eigenvalue weighted by Crippen LogP contribution is 2.44. The first-order valence-corrected chi connectivity index (χ1v) is 6.04. The maximum atomic E-state index is 11.9. The smallest absolute Gasteiger partial charge is 0.253 e. The number of aromatic nitrogens is 1. The van der Waals surface area contributed by atoms with Crippen LogP contribution in [0.2, 0.25) is 0 Å². The second kappa shape index (κ2) is 3.89. The van der Waals surface area contributed by atoms with E-state index in [0.29, 0.717) is 11.6 Å². The number of hydrogen-bond donors (Lipinski definition) is 1. The van der Waals surface area contributed by atoms with Crippen molar-refractivity contribution in [3.05, 3.63) is 30.1 Å². The molecule has 0 spiro atoms. The summed E-state index contributed by atoms with van der Waals surface area (Å²) < 4.78 is 0. The van der Waals surface area contributed by atoms with Crippen LogP contribution in [0.1, 0.15) is 36.0 Å². The van der Waals surface area contributed by atoms with E-state index in [1.807, 2.05) is 6.07 Å². The van der Waals surface area contributed by atoms with E-state index >= 15 is 0 Å². The van der Waals surface area contributed by atoms with Crippen LogP contribution >= 0.6 is 0 Å². The van der Waals surface area contributed by atoms with Gasteiger partial charge in [-0.25, -0.2) is 0 Å². The van der Waals surface area contributed by atoms with E-state index in [9.17, 15) is 4.79 Å². The van der Waals surface area contributed by atoms with Gasteiger partial charge in [0.2, 0.25) is 0 Å². The maximum Gasteiger partial charge on any atom is 0.253 e. The van der Waals surface area contributed by atoms with Gasteiger partial charge >= 0.3 is 0 Å². The minimum absolute atomic E-state index is 0.0330. The Kier molecular flexibility index (Phi) is 2.39. The summed E-state index contributed by atoms with van der Waals surface area (Å²) >= 11 is 0. The van der Waals surface area contributed by atoms with Gasteiger partial charge in [0.1, 0.15) is 0 Å². The van der Waals surface area contributed by atoms with Gasteiger partial charge in [-0.05, 0) is 43.2 Å². The van der Waals surface area contributed by atoms with Crippen LogP contribution < -0.4 is 5.32 Å². The lowest BCUT2D eigenvalue weighted by atomic mass is 9.95. The van der Waals surface area contributed by atoms with Gasteiger partial charge in [-0.15, -0.1) is 0 Å². The number of fused-ring (bicyclic) bond motifs is 2. The number of carbonyl (C=O) groups is 1. The van der Waals surface area contributed by atoms with E-state index in [-0.39, 0.29) is 5.91 Å². The van der Waals surface area contributed by atoms with E-state index in [1.54, 1.807) is 18.5 Å². The van der Waals surface area contributed by atoms with Crippen LogP contribution in [0.3, 0.4) is 0 Å². The molecule has 1 heterocycles. The Balaban J connectivity index is 1.65. The Morgan fingerprint density at radius 1 is 1.38 bits per heavy atom. The molecule has 0 aliphatic heterocycles. The van der Waals surface area contributed by atoms with Gasteiger partial charge in [-0.3, -0.25) is 9.78 Å². The third-order valence-corrected chi connectivity index (χ3v) is 3.98. The third-order valence-electron chi connectivity index (χ3n) is 3.98. The molecule has 84 valence electrons. The van der Waals surface area contributed by atoms with Crippen LogP contribution in [0.15, 0.2) is 24.5 Å². The Labute approximate surface area is 95.3 Å². The van der Waals surface area contributed by atoms with Gasteiger partial charge in [0.25, 0.3) is 5.91 Å². The lowest BCUT2D eigenvalue weighted by molar-refractivity contribution is 0.0922. The van der Waals surface area contributed by atoms with Crippen LogP contribution in [-0.2, 0) is 0 Å². The van der Waals surface area contributed by atoms with E-state index < -0.39 is 0 Å². The quantitative estimate of drug-likeness (QED) is 0.821. The summed E-state index contributed by atoms with van der Waals surface area (Å²) in [5, 5.41) is 3.15. The Morgan fingerprint density at radius 3 is 2.94 bits per heavy atom. The summed E-state index contributed by atoms with van der Waals surface area (Å²) in [5.41, 5.74) is 0.672. The second-order valence-electron chi connectivity index (χ2n) is 5.00.